The average molecular weight is 408 g/mol. The van der Waals surface area contributed by atoms with Crippen LogP contribution < -0.4 is 9.64 Å². The van der Waals surface area contributed by atoms with E-state index in [1.54, 1.807) is 24.3 Å². The van der Waals surface area contributed by atoms with Crippen LogP contribution in [0.25, 0.3) is 0 Å². The Kier molecular flexibility index (Phi) is 5.81. The van der Waals surface area contributed by atoms with Crippen molar-refractivity contribution >= 4 is 23.5 Å². The first-order chi connectivity index (χ1) is 14.6. The number of hydrogen-bond acceptors (Lipinski definition) is 6. The van der Waals surface area contributed by atoms with Crippen molar-refractivity contribution in [1.29, 1.82) is 0 Å². The number of hydrogen-bond donors (Lipinski definition) is 0. The van der Waals surface area contributed by atoms with Gasteiger partial charge in [0.1, 0.15) is 11.5 Å². The van der Waals surface area contributed by atoms with E-state index in [-0.39, 0.29) is 30.1 Å². The summed E-state index contributed by atoms with van der Waals surface area (Å²) in [6, 6.07) is 15.9. The van der Waals surface area contributed by atoms with Crippen molar-refractivity contribution in [3.63, 3.8) is 0 Å². The van der Waals surface area contributed by atoms with E-state index in [1.807, 2.05) is 35.2 Å². The summed E-state index contributed by atoms with van der Waals surface area (Å²) in [4.78, 5) is 40.6. The molecule has 2 heterocycles. The topological polar surface area (TPSA) is 76.2 Å². The molecule has 7 heteroatoms. The van der Waals surface area contributed by atoms with Crippen LogP contribution in [0, 0.1) is 5.92 Å². The van der Waals surface area contributed by atoms with Gasteiger partial charge in [-0.3, -0.25) is 19.3 Å². The molecule has 0 radical (unpaired) electrons. The molecule has 1 unspecified atom stereocenters. The minimum atomic E-state index is -0.476. The molecule has 0 saturated carbocycles. The van der Waals surface area contributed by atoms with Gasteiger partial charge in [0.15, 0.2) is 0 Å². The Morgan fingerprint density at radius 2 is 1.57 bits per heavy atom. The van der Waals surface area contributed by atoms with Gasteiger partial charge in [-0.05, 0) is 62.3 Å². The van der Waals surface area contributed by atoms with Crippen LogP contribution in [0.1, 0.15) is 19.3 Å². The van der Waals surface area contributed by atoms with Gasteiger partial charge < -0.3 is 9.47 Å². The smallest absolute Gasteiger partial charge is 0.308 e. The number of nitrogens with zero attached hydrogens (tertiary/aromatic N) is 2. The van der Waals surface area contributed by atoms with E-state index in [2.05, 4.69) is 0 Å². The first-order valence-corrected chi connectivity index (χ1v) is 10.1. The number of imide groups is 1. The van der Waals surface area contributed by atoms with Crippen molar-refractivity contribution in [2.24, 2.45) is 5.92 Å². The number of piperidine rings is 1. The number of carbonyl (C=O) groups excluding carboxylic acids is 3. The summed E-state index contributed by atoms with van der Waals surface area (Å²) < 4.78 is 10.6. The summed E-state index contributed by atoms with van der Waals surface area (Å²) in [6.07, 6.45) is 1.43. The molecule has 2 saturated heterocycles. The number of ether oxygens (including phenoxy) is 2. The molecule has 0 N–H and O–H groups in total. The molecular weight excluding hydrogens is 384 g/mol. The van der Waals surface area contributed by atoms with Crippen molar-refractivity contribution in [1.82, 2.24) is 4.90 Å². The van der Waals surface area contributed by atoms with Crippen LogP contribution in [-0.4, -0.2) is 48.9 Å². The molecule has 2 aliphatic rings. The number of methoxy groups -OCH3 is 1. The normalized spacial score (nSPS) is 20.4. The first kappa shape index (κ1) is 20.1. The number of benzene rings is 2. The van der Waals surface area contributed by atoms with Crippen LogP contribution in [0.3, 0.4) is 0 Å². The molecule has 2 aromatic carbocycles. The van der Waals surface area contributed by atoms with Gasteiger partial charge >= 0.3 is 5.97 Å². The van der Waals surface area contributed by atoms with Gasteiger partial charge in [-0.15, -0.1) is 0 Å². The maximum Gasteiger partial charge on any atom is 0.308 e. The van der Waals surface area contributed by atoms with E-state index in [1.165, 1.54) is 12.0 Å². The molecule has 2 aromatic rings. The van der Waals surface area contributed by atoms with E-state index in [0.717, 1.165) is 0 Å². The zero-order valence-electron chi connectivity index (χ0n) is 16.8. The van der Waals surface area contributed by atoms with Gasteiger partial charge in [-0.2, -0.15) is 0 Å². The number of anilines is 1. The predicted octanol–water partition coefficient (Wildman–Crippen LogP) is 3.00. The molecule has 0 bridgehead atoms. The molecular formula is C23H24N2O5. The SMILES string of the molecule is COC(=O)C1CCN(C2CC(=O)N(c3ccc(Oc4ccccc4)cc3)C2=O)CC1. The number of rotatable bonds is 5. The third-order valence-corrected chi connectivity index (χ3v) is 5.70. The molecule has 1 atom stereocenters. The molecule has 7 nitrogen and oxygen atoms in total. The van der Waals surface area contributed by atoms with Gasteiger partial charge in [0.2, 0.25) is 5.91 Å². The van der Waals surface area contributed by atoms with Gasteiger partial charge in [0.25, 0.3) is 5.91 Å². The summed E-state index contributed by atoms with van der Waals surface area (Å²) in [5, 5.41) is 0. The summed E-state index contributed by atoms with van der Waals surface area (Å²) in [5.41, 5.74) is 0.539. The minimum absolute atomic E-state index is 0.133. The Labute approximate surface area is 175 Å². The van der Waals surface area contributed by atoms with Crippen molar-refractivity contribution in [3.8, 4) is 11.5 Å². The van der Waals surface area contributed by atoms with Crippen LogP contribution >= 0.6 is 0 Å². The Morgan fingerprint density at radius 1 is 0.933 bits per heavy atom. The Bertz CT molecular complexity index is 920. The van der Waals surface area contributed by atoms with Gasteiger partial charge in [0, 0.05) is 0 Å². The second kappa shape index (κ2) is 8.67. The third-order valence-electron chi connectivity index (χ3n) is 5.70. The van der Waals surface area contributed by atoms with Gasteiger partial charge in [-0.1, -0.05) is 18.2 Å². The second-order valence-electron chi connectivity index (χ2n) is 7.53. The van der Waals surface area contributed by atoms with Crippen LogP contribution in [0.5, 0.6) is 11.5 Å². The number of esters is 1. The van der Waals surface area contributed by atoms with E-state index in [4.69, 9.17) is 9.47 Å². The standard InChI is InChI=1S/C23H24N2O5/c1-29-23(28)16-11-13-24(14-12-16)20-15-21(26)25(22(20)27)17-7-9-19(10-8-17)30-18-5-3-2-4-6-18/h2-10,16,20H,11-15H2,1H3. The Morgan fingerprint density at radius 3 is 2.20 bits per heavy atom. The zero-order valence-corrected chi connectivity index (χ0v) is 16.8. The summed E-state index contributed by atoms with van der Waals surface area (Å²) in [6.45, 7) is 1.20. The van der Waals surface area contributed by atoms with Gasteiger partial charge in [-0.25, -0.2) is 4.90 Å². The summed E-state index contributed by atoms with van der Waals surface area (Å²) in [7, 11) is 1.39. The molecule has 2 fully saturated rings. The van der Waals surface area contributed by atoms with Crippen LogP contribution in [0.4, 0.5) is 5.69 Å². The monoisotopic (exact) mass is 408 g/mol. The molecule has 2 amide bonds. The second-order valence-corrected chi connectivity index (χ2v) is 7.53. The highest BCUT2D eigenvalue weighted by atomic mass is 16.5. The maximum atomic E-state index is 13.0. The Hall–Kier alpha value is -3.19. The van der Waals surface area contributed by atoms with E-state index >= 15 is 0 Å². The zero-order chi connectivity index (χ0) is 21.1. The fourth-order valence-corrected chi connectivity index (χ4v) is 4.07. The summed E-state index contributed by atoms with van der Waals surface area (Å²) in [5.74, 6) is 0.583. The van der Waals surface area contributed by atoms with Crippen LogP contribution in [0.2, 0.25) is 0 Å². The predicted molar refractivity (Wildman–Crippen MR) is 110 cm³/mol. The summed E-state index contributed by atoms with van der Waals surface area (Å²) >= 11 is 0. The molecule has 2 aliphatic heterocycles. The molecule has 0 spiro atoms. The number of para-hydroxylation sites is 1. The number of likely N-dealkylation sites (tertiary alicyclic amines) is 1. The minimum Gasteiger partial charge on any atom is -0.469 e. The lowest BCUT2D eigenvalue weighted by Gasteiger charge is -2.33. The third kappa shape index (κ3) is 4.07. The lowest BCUT2D eigenvalue weighted by Crippen LogP contribution is -2.46. The fraction of sp³-hybridized carbons (Fsp3) is 0.348. The first-order valence-electron chi connectivity index (χ1n) is 10.1. The highest BCUT2D eigenvalue weighted by Gasteiger charge is 2.44. The quantitative estimate of drug-likeness (QED) is 0.559. The maximum absolute atomic E-state index is 13.0. The lowest BCUT2D eigenvalue weighted by molar-refractivity contribution is -0.147. The number of amides is 2. The van der Waals surface area contributed by atoms with Crippen molar-refractivity contribution in [2.75, 3.05) is 25.1 Å². The van der Waals surface area contributed by atoms with E-state index < -0.39 is 6.04 Å². The highest BCUT2D eigenvalue weighted by Crippen LogP contribution is 2.30. The fourth-order valence-electron chi connectivity index (χ4n) is 4.07. The lowest BCUT2D eigenvalue weighted by atomic mass is 9.95. The molecule has 0 aliphatic carbocycles. The average Bonchev–Trinajstić information content (AvgIpc) is 3.08. The van der Waals surface area contributed by atoms with E-state index in [0.29, 0.717) is 43.1 Å². The van der Waals surface area contributed by atoms with Crippen LogP contribution in [-0.2, 0) is 19.1 Å². The molecule has 156 valence electrons. The molecule has 4 rings (SSSR count). The highest BCUT2D eigenvalue weighted by molar-refractivity contribution is 6.22. The van der Waals surface area contributed by atoms with Crippen molar-refractivity contribution in [3.05, 3.63) is 54.6 Å². The van der Waals surface area contributed by atoms with Crippen LogP contribution in [0.15, 0.2) is 54.6 Å². The molecule has 0 aromatic heterocycles. The van der Waals surface area contributed by atoms with Crippen molar-refractivity contribution < 1.29 is 23.9 Å². The van der Waals surface area contributed by atoms with E-state index in [9.17, 15) is 14.4 Å². The van der Waals surface area contributed by atoms with Gasteiger partial charge in [0.05, 0.1) is 31.2 Å². The Balaban J connectivity index is 1.41. The molecule has 30 heavy (non-hydrogen) atoms. The van der Waals surface area contributed by atoms with Crippen molar-refractivity contribution in [2.45, 2.75) is 25.3 Å². The largest absolute Gasteiger partial charge is 0.469 e. The number of carbonyl (C=O) groups is 3.